The lowest BCUT2D eigenvalue weighted by Crippen LogP contribution is -2.38. The maximum atomic E-state index is 10.6. The average molecular weight is 336 g/mol. The van der Waals surface area contributed by atoms with Gasteiger partial charge in [0.15, 0.2) is 0 Å². The van der Waals surface area contributed by atoms with E-state index in [-0.39, 0.29) is 0 Å². The molecule has 1 N–H and O–H groups in total. The molecular weight excluding hydrogens is 308 g/mol. The highest BCUT2D eigenvalue weighted by atomic mass is 16.1. The number of likely N-dealkylation sites (tertiary alicyclic amines) is 1. The van der Waals surface area contributed by atoms with Gasteiger partial charge in [-0.25, -0.2) is 0 Å². The second-order valence-corrected chi connectivity index (χ2v) is 6.96. The van der Waals surface area contributed by atoms with Gasteiger partial charge >= 0.3 is 0 Å². The third-order valence-corrected chi connectivity index (χ3v) is 5.29. The summed E-state index contributed by atoms with van der Waals surface area (Å²) >= 11 is 0. The zero-order valence-corrected chi connectivity index (χ0v) is 14.8. The number of rotatable bonds is 8. The summed E-state index contributed by atoms with van der Waals surface area (Å²) in [5.74, 6) is 0.781. The number of nitrogens with zero attached hydrogens (tertiary/aromatic N) is 1. The van der Waals surface area contributed by atoms with Gasteiger partial charge in [-0.2, -0.15) is 0 Å². The summed E-state index contributed by atoms with van der Waals surface area (Å²) in [6.07, 6.45) is 5.45. The predicted octanol–water partition coefficient (Wildman–Crippen LogP) is 3.82. The van der Waals surface area contributed by atoms with Crippen LogP contribution in [0, 0.1) is 5.92 Å². The molecule has 1 aliphatic rings. The Kier molecular flexibility index (Phi) is 6.63. The smallest absolute Gasteiger partial charge is 0.207 e. The first-order valence-electron chi connectivity index (χ1n) is 9.37. The molecule has 0 spiro atoms. The lowest BCUT2D eigenvalue weighted by atomic mass is 9.88. The Balaban J connectivity index is 1.58. The van der Waals surface area contributed by atoms with Crippen molar-refractivity contribution in [2.45, 2.75) is 31.7 Å². The maximum absolute atomic E-state index is 10.6. The molecule has 0 bridgehead atoms. The highest BCUT2D eigenvalue weighted by molar-refractivity contribution is 5.45. The highest BCUT2D eigenvalue weighted by Crippen LogP contribution is 2.30. The van der Waals surface area contributed by atoms with Crippen molar-refractivity contribution in [3.8, 4) is 0 Å². The molecular formula is C22H28N2O. The fraction of sp³-hybridized carbons (Fsp3) is 0.409. The zero-order valence-electron chi connectivity index (χ0n) is 14.8. The molecule has 2 aromatic carbocycles. The molecule has 0 radical (unpaired) electrons. The van der Waals surface area contributed by atoms with E-state index < -0.39 is 0 Å². The summed E-state index contributed by atoms with van der Waals surface area (Å²) in [5, 5.41) is 2.82. The van der Waals surface area contributed by atoms with Gasteiger partial charge < -0.3 is 5.32 Å². The molecule has 3 heteroatoms. The van der Waals surface area contributed by atoms with Gasteiger partial charge in [-0.1, -0.05) is 60.7 Å². The summed E-state index contributed by atoms with van der Waals surface area (Å²) < 4.78 is 0. The van der Waals surface area contributed by atoms with Crippen LogP contribution in [-0.2, 0) is 11.2 Å². The summed E-state index contributed by atoms with van der Waals surface area (Å²) in [6.45, 7) is 3.00. The maximum Gasteiger partial charge on any atom is 0.207 e. The monoisotopic (exact) mass is 336 g/mol. The van der Waals surface area contributed by atoms with Crippen LogP contribution in [0.1, 0.15) is 36.4 Å². The number of nitrogens with one attached hydrogen (secondary N) is 1. The van der Waals surface area contributed by atoms with E-state index in [9.17, 15) is 4.79 Å². The Bertz CT molecular complexity index is 621. The lowest BCUT2D eigenvalue weighted by molar-refractivity contribution is -0.109. The van der Waals surface area contributed by atoms with Crippen molar-refractivity contribution < 1.29 is 4.79 Å². The first-order valence-corrected chi connectivity index (χ1v) is 9.37. The van der Waals surface area contributed by atoms with Crippen LogP contribution < -0.4 is 5.32 Å². The molecule has 3 rings (SSSR count). The van der Waals surface area contributed by atoms with Crippen molar-refractivity contribution in [2.24, 2.45) is 5.92 Å². The van der Waals surface area contributed by atoms with E-state index >= 15 is 0 Å². The Hall–Kier alpha value is -2.13. The standard InChI is InChI=1S/C22H28N2O/c25-18-23-14-11-22(21-9-5-2-6-10-21)24-15-12-20(13-16-24)17-19-7-3-1-4-8-19/h1-10,18,20,22H,11-17H2,(H,23,25). The van der Waals surface area contributed by atoms with Crippen molar-refractivity contribution in [3.63, 3.8) is 0 Å². The first-order chi connectivity index (χ1) is 12.4. The van der Waals surface area contributed by atoms with Crippen LogP contribution in [0.15, 0.2) is 60.7 Å². The molecule has 2 aromatic rings. The van der Waals surface area contributed by atoms with Crippen LogP contribution in [0.25, 0.3) is 0 Å². The van der Waals surface area contributed by atoms with Crippen LogP contribution in [0.2, 0.25) is 0 Å². The molecule has 3 nitrogen and oxygen atoms in total. The molecule has 1 heterocycles. The van der Waals surface area contributed by atoms with E-state index in [0.29, 0.717) is 6.04 Å². The minimum Gasteiger partial charge on any atom is -0.359 e. The van der Waals surface area contributed by atoms with E-state index in [4.69, 9.17) is 0 Å². The molecule has 0 aliphatic carbocycles. The molecule has 1 atom stereocenters. The van der Waals surface area contributed by atoms with Gasteiger partial charge in [0, 0.05) is 12.6 Å². The van der Waals surface area contributed by atoms with Gasteiger partial charge in [0.05, 0.1) is 0 Å². The van der Waals surface area contributed by atoms with E-state index in [1.54, 1.807) is 0 Å². The van der Waals surface area contributed by atoms with Gasteiger partial charge in [-0.05, 0) is 55.8 Å². The van der Waals surface area contributed by atoms with Crippen molar-refractivity contribution in [3.05, 3.63) is 71.8 Å². The summed E-state index contributed by atoms with van der Waals surface area (Å²) in [5.41, 5.74) is 2.81. The minimum atomic E-state index is 0.395. The van der Waals surface area contributed by atoms with E-state index in [0.717, 1.165) is 38.4 Å². The average Bonchev–Trinajstić information content (AvgIpc) is 2.68. The molecule has 1 saturated heterocycles. The lowest BCUT2D eigenvalue weighted by Gasteiger charge is -2.38. The number of carbonyl (C=O) groups excluding carboxylic acids is 1. The van der Waals surface area contributed by atoms with Crippen LogP contribution in [-0.4, -0.2) is 30.9 Å². The Labute approximate surface area is 151 Å². The Morgan fingerprint density at radius 1 is 1.00 bits per heavy atom. The van der Waals surface area contributed by atoms with Gasteiger partial charge in [-0.3, -0.25) is 9.69 Å². The highest BCUT2D eigenvalue weighted by Gasteiger charge is 2.25. The number of carbonyl (C=O) groups is 1. The number of hydrogen-bond acceptors (Lipinski definition) is 2. The second kappa shape index (κ2) is 9.38. The summed E-state index contributed by atoms with van der Waals surface area (Å²) in [4.78, 5) is 13.2. The first kappa shape index (κ1) is 17.7. The largest absolute Gasteiger partial charge is 0.359 e. The number of piperidine rings is 1. The third-order valence-electron chi connectivity index (χ3n) is 5.29. The van der Waals surface area contributed by atoms with Crippen molar-refractivity contribution in [2.75, 3.05) is 19.6 Å². The zero-order chi connectivity index (χ0) is 17.3. The summed E-state index contributed by atoms with van der Waals surface area (Å²) in [7, 11) is 0. The molecule has 1 fully saturated rings. The molecule has 0 aromatic heterocycles. The van der Waals surface area contributed by atoms with E-state index in [2.05, 4.69) is 70.9 Å². The number of amides is 1. The van der Waals surface area contributed by atoms with Gasteiger partial charge in [0.2, 0.25) is 6.41 Å². The SMILES string of the molecule is O=CNCCC(c1ccccc1)N1CCC(Cc2ccccc2)CC1. The van der Waals surface area contributed by atoms with E-state index in [1.165, 1.54) is 30.4 Å². The molecule has 1 aliphatic heterocycles. The molecule has 1 unspecified atom stereocenters. The fourth-order valence-electron chi connectivity index (χ4n) is 3.93. The molecule has 132 valence electrons. The van der Waals surface area contributed by atoms with Crippen LogP contribution in [0.3, 0.4) is 0 Å². The fourth-order valence-corrected chi connectivity index (χ4v) is 3.93. The van der Waals surface area contributed by atoms with Gasteiger partial charge in [-0.15, -0.1) is 0 Å². The number of benzene rings is 2. The van der Waals surface area contributed by atoms with Crippen molar-refractivity contribution in [1.82, 2.24) is 10.2 Å². The second-order valence-electron chi connectivity index (χ2n) is 6.96. The molecule has 25 heavy (non-hydrogen) atoms. The van der Waals surface area contributed by atoms with Crippen LogP contribution in [0.4, 0.5) is 0 Å². The molecule has 0 saturated carbocycles. The Morgan fingerprint density at radius 3 is 2.28 bits per heavy atom. The van der Waals surface area contributed by atoms with Crippen LogP contribution >= 0.6 is 0 Å². The van der Waals surface area contributed by atoms with E-state index in [1.807, 2.05) is 0 Å². The quantitative estimate of drug-likeness (QED) is 0.587. The minimum absolute atomic E-state index is 0.395. The predicted molar refractivity (Wildman–Crippen MR) is 102 cm³/mol. The van der Waals surface area contributed by atoms with Gasteiger partial charge in [0.25, 0.3) is 0 Å². The number of hydrogen-bond donors (Lipinski definition) is 1. The van der Waals surface area contributed by atoms with Crippen molar-refractivity contribution >= 4 is 6.41 Å². The third kappa shape index (κ3) is 5.17. The normalized spacial score (nSPS) is 17.1. The van der Waals surface area contributed by atoms with Crippen LogP contribution in [0.5, 0.6) is 0 Å². The topological polar surface area (TPSA) is 32.3 Å². The van der Waals surface area contributed by atoms with Gasteiger partial charge in [0.1, 0.15) is 0 Å². The Morgan fingerprint density at radius 2 is 1.64 bits per heavy atom. The van der Waals surface area contributed by atoms with Crippen molar-refractivity contribution in [1.29, 1.82) is 0 Å². The summed E-state index contributed by atoms with van der Waals surface area (Å²) in [6, 6.07) is 21.9. The molecule has 1 amide bonds.